The Hall–Kier alpha value is -2.98. The van der Waals surface area contributed by atoms with Crippen LogP contribution in [-0.2, 0) is 5.16 Å². The largest absolute Gasteiger partial charge is 0.326 e. The Morgan fingerprint density at radius 1 is 0.808 bits per heavy atom. The molecule has 0 saturated heterocycles. The molecule has 0 fully saturated rings. The molecule has 2 nitrogen and oxygen atoms in total. The van der Waals surface area contributed by atoms with Crippen LogP contribution in [0.5, 0.6) is 0 Å². The van der Waals surface area contributed by atoms with Crippen molar-refractivity contribution in [3.63, 3.8) is 0 Å². The zero-order chi connectivity index (χ0) is 17.8. The molecule has 0 radical (unpaired) electrons. The summed E-state index contributed by atoms with van der Waals surface area (Å²) in [6.45, 7) is 0. The molecule has 0 atom stereocenters. The number of halogens is 1. The van der Waals surface area contributed by atoms with Crippen LogP contribution in [0.3, 0.4) is 0 Å². The molecule has 0 N–H and O–H groups in total. The third-order valence-corrected chi connectivity index (χ3v) is 7.34. The van der Waals surface area contributed by atoms with Gasteiger partial charge in [-0.05, 0) is 23.3 Å². The maximum absolute atomic E-state index is 13.9. The Kier molecular flexibility index (Phi) is 4.50. The maximum Gasteiger partial charge on any atom is 0.123 e. The van der Waals surface area contributed by atoms with Gasteiger partial charge in [-0.2, -0.15) is 0 Å². The summed E-state index contributed by atoms with van der Waals surface area (Å²) in [4.78, 5) is 4.31. The molecule has 4 heteroatoms. The molecule has 0 saturated carbocycles. The first-order valence-corrected chi connectivity index (χ1v) is 10.0. The highest BCUT2D eigenvalue weighted by molar-refractivity contribution is 6.57. The lowest BCUT2D eigenvalue weighted by Crippen LogP contribution is -2.46. The van der Waals surface area contributed by atoms with Gasteiger partial charge in [-0.25, -0.2) is 9.37 Å². The monoisotopic (exact) mass is 358 g/mol. The van der Waals surface area contributed by atoms with Crippen LogP contribution in [0.1, 0.15) is 11.1 Å². The molecule has 0 amide bonds. The summed E-state index contributed by atoms with van der Waals surface area (Å²) >= 11 is 0. The van der Waals surface area contributed by atoms with E-state index in [4.69, 9.17) is 0 Å². The van der Waals surface area contributed by atoms with Gasteiger partial charge in [0.25, 0.3) is 0 Å². The Bertz CT molecular complexity index is 930. The fourth-order valence-corrected chi connectivity index (χ4v) is 6.01. The molecule has 0 aliphatic rings. The van der Waals surface area contributed by atoms with E-state index in [0.29, 0.717) is 0 Å². The van der Waals surface area contributed by atoms with Crippen LogP contribution in [0.2, 0.25) is 0 Å². The Balaban J connectivity index is 1.98. The number of aromatic nitrogens is 2. The lowest BCUT2D eigenvalue weighted by molar-refractivity contribution is 0.596. The summed E-state index contributed by atoms with van der Waals surface area (Å²) in [5.41, 5.74) is 2.39. The SMILES string of the molecule is Fc1cccc([SiH2]C(c2ccccc2)(c2ccccc2)n2ccnc2)c1. The topological polar surface area (TPSA) is 17.8 Å². The van der Waals surface area contributed by atoms with E-state index in [0.717, 1.165) is 5.19 Å². The predicted molar refractivity (Wildman–Crippen MR) is 106 cm³/mol. The van der Waals surface area contributed by atoms with Crippen LogP contribution in [0, 0.1) is 5.82 Å². The zero-order valence-corrected chi connectivity index (χ0v) is 15.7. The van der Waals surface area contributed by atoms with E-state index in [1.165, 1.54) is 17.2 Å². The van der Waals surface area contributed by atoms with E-state index in [2.05, 4.69) is 58.1 Å². The lowest BCUT2D eigenvalue weighted by atomic mass is 9.97. The number of nitrogens with zero attached hydrogens (tertiary/aromatic N) is 2. The molecule has 128 valence electrons. The van der Waals surface area contributed by atoms with Gasteiger partial charge in [0.05, 0.1) is 21.0 Å². The average Bonchev–Trinajstić information content (AvgIpc) is 3.23. The second-order valence-corrected chi connectivity index (χ2v) is 8.56. The molecule has 26 heavy (non-hydrogen) atoms. The highest BCUT2D eigenvalue weighted by atomic mass is 28.2. The molecule has 0 unspecified atom stereocenters. The standard InChI is InChI=1S/C22H19FN2Si/c23-20-12-7-13-21(16-20)26-22(25-15-14-24-17-25,18-8-3-1-4-9-18)19-10-5-2-6-11-19/h1-17H,26H2. The smallest absolute Gasteiger partial charge is 0.123 e. The Labute approximate surface area is 154 Å². The average molecular weight is 358 g/mol. The first-order chi connectivity index (χ1) is 12.8. The van der Waals surface area contributed by atoms with Gasteiger partial charge in [0.1, 0.15) is 5.82 Å². The number of rotatable bonds is 5. The number of benzene rings is 3. The van der Waals surface area contributed by atoms with Gasteiger partial charge in [0, 0.05) is 12.4 Å². The first-order valence-electron chi connectivity index (χ1n) is 8.63. The van der Waals surface area contributed by atoms with Crippen molar-refractivity contribution in [1.29, 1.82) is 0 Å². The normalized spacial score (nSPS) is 11.9. The molecule has 0 spiro atoms. The van der Waals surface area contributed by atoms with Crippen molar-refractivity contribution in [3.05, 3.63) is 121 Å². The van der Waals surface area contributed by atoms with Crippen LogP contribution in [0.15, 0.2) is 104 Å². The second kappa shape index (κ2) is 7.10. The van der Waals surface area contributed by atoms with Crippen LogP contribution in [0.25, 0.3) is 0 Å². The number of hydrogen-bond donors (Lipinski definition) is 0. The third-order valence-electron chi connectivity index (χ3n) is 4.80. The van der Waals surface area contributed by atoms with Crippen molar-refractivity contribution in [2.24, 2.45) is 0 Å². The van der Waals surface area contributed by atoms with Crippen LogP contribution >= 0.6 is 0 Å². The van der Waals surface area contributed by atoms with Gasteiger partial charge in [-0.3, -0.25) is 0 Å². The van der Waals surface area contributed by atoms with Gasteiger partial charge in [-0.15, -0.1) is 0 Å². The molecule has 3 aromatic carbocycles. The first kappa shape index (κ1) is 16.5. The van der Waals surface area contributed by atoms with Gasteiger partial charge < -0.3 is 4.57 Å². The predicted octanol–water partition coefficient (Wildman–Crippen LogP) is 3.27. The van der Waals surface area contributed by atoms with E-state index in [1.54, 1.807) is 18.3 Å². The molecule has 4 rings (SSSR count). The molecule has 1 heterocycles. The number of imidazole rings is 1. The van der Waals surface area contributed by atoms with Crippen molar-refractivity contribution < 1.29 is 4.39 Å². The molecular weight excluding hydrogens is 339 g/mol. The Morgan fingerprint density at radius 2 is 1.46 bits per heavy atom. The quantitative estimate of drug-likeness (QED) is 0.501. The van der Waals surface area contributed by atoms with E-state index in [9.17, 15) is 4.39 Å². The summed E-state index contributed by atoms with van der Waals surface area (Å²) in [5.74, 6) is -0.185. The summed E-state index contributed by atoms with van der Waals surface area (Å²) in [6, 6.07) is 27.9. The van der Waals surface area contributed by atoms with E-state index in [1.807, 2.05) is 30.7 Å². The highest BCUT2D eigenvalue weighted by Crippen LogP contribution is 2.33. The van der Waals surface area contributed by atoms with Gasteiger partial charge in [0.2, 0.25) is 0 Å². The van der Waals surface area contributed by atoms with E-state index < -0.39 is 9.52 Å². The fraction of sp³-hybridized carbons (Fsp3) is 0.0455. The van der Waals surface area contributed by atoms with Gasteiger partial charge in [0.15, 0.2) is 0 Å². The van der Waals surface area contributed by atoms with Crippen molar-refractivity contribution in [1.82, 2.24) is 9.55 Å². The fourth-order valence-electron chi connectivity index (χ4n) is 3.62. The van der Waals surface area contributed by atoms with Gasteiger partial charge in [-0.1, -0.05) is 78.0 Å². The minimum atomic E-state index is -1.01. The molecule has 4 aromatic rings. The van der Waals surface area contributed by atoms with Gasteiger partial charge >= 0.3 is 0 Å². The highest BCUT2D eigenvalue weighted by Gasteiger charge is 2.36. The van der Waals surface area contributed by atoms with Crippen molar-refractivity contribution >= 4 is 14.7 Å². The molecule has 0 aliphatic heterocycles. The summed E-state index contributed by atoms with van der Waals surface area (Å²) in [6.07, 6.45) is 5.68. The van der Waals surface area contributed by atoms with Crippen LogP contribution in [0.4, 0.5) is 4.39 Å². The maximum atomic E-state index is 13.9. The van der Waals surface area contributed by atoms with Crippen LogP contribution < -0.4 is 5.19 Å². The lowest BCUT2D eigenvalue weighted by Gasteiger charge is -2.37. The van der Waals surface area contributed by atoms with Crippen molar-refractivity contribution in [3.8, 4) is 0 Å². The molecule has 1 aromatic heterocycles. The molecule has 0 bridgehead atoms. The second-order valence-electron chi connectivity index (χ2n) is 6.37. The molecular formula is C22H19FN2Si. The summed E-state index contributed by atoms with van der Waals surface area (Å²) in [5, 5.41) is 0.707. The third kappa shape index (κ3) is 3.00. The summed E-state index contributed by atoms with van der Waals surface area (Å²) < 4.78 is 16.1. The molecule has 0 aliphatic carbocycles. The Morgan fingerprint density at radius 3 is 2.00 bits per heavy atom. The number of hydrogen-bond acceptors (Lipinski definition) is 1. The van der Waals surface area contributed by atoms with Crippen LogP contribution in [-0.4, -0.2) is 19.1 Å². The van der Waals surface area contributed by atoms with Crippen molar-refractivity contribution in [2.45, 2.75) is 5.16 Å². The van der Waals surface area contributed by atoms with E-state index >= 15 is 0 Å². The van der Waals surface area contributed by atoms with E-state index in [-0.39, 0.29) is 11.0 Å². The zero-order valence-electron chi connectivity index (χ0n) is 14.3. The minimum absolute atomic E-state index is 0.185. The van der Waals surface area contributed by atoms with Crippen molar-refractivity contribution in [2.75, 3.05) is 0 Å². The summed E-state index contributed by atoms with van der Waals surface area (Å²) in [7, 11) is -1.01. The minimum Gasteiger partial charge on any atom is -0.326 e.